The first kappa shape index (κ1) is 38.9. The van der Waals surface area contributed by atoms with Crippen LogP contribution in [0.4, 0.5) is 0 Å². The lowest BCUT2D eigenvalue weighted by Crippen LogP contribution is -1.89. The molecule has 0 fully saturated rings. The van der Waals surface area contributed by atoms with E-state index in [0.29, 0.717) is 0 Å². The van der Waals surface area contributed by atoms with Crippen LogP contribution in [0.5, 0.6) is 0 Å². The number of rotatable bonds is 4. The van der Waals surface area contributed by atoms with Gasteiger partial charge in [-0.15, -0.1) is 0 Å². The fourth-order valence-corrected chi connectivity index (χ4v) is 11.9. The highest BCUT2D eigenvalue weighted by Crippen LogP contribution is 2.50. The molecule has 0 aliphatic carbocycles. The third kappa shape index (κ3) is 5.39. The Balaban J connectivity index is 1.18. The summed E-state index contributed by atoms with van der Waals surface area (Å²) in [5.41, 5.74) is 20.9. The van der Waals surface area contributed by atoms with E-state index in [1.165, 1.54) is 175 Å². The molecule has 0 aliphatic heterocycles. The van der Waals surface area contributed by atoms with E-state index in [9.17, 15) is 0 Å². The second kappa shape index (κ2) is 14.0. The summed E-state index contributed by atoms with van der Waals surface area (Å²) in [7, 11) is 0. The van der Waals surface area contributed by atoms with Gasteiger partial charge in [0.1, 0.15) is 0 Å². The largest absolute Gasteiger partial charge is 0.0614 e. The Bertz CT molecular complexity index is 3960. The molecule has 66 heavy (non-hydrogen) atoms. The summed E-state index contributed by atoms with van der Waals surface area (Å²) in [5.74, 6) is 0. The molecule has 13 aromatic carbocycles. The smallest absolute Gasteiger partial charge is 0.00195 e. The normalized spacial score (nSPS) is 12.2. The minimum atomic E-state index is 1.27. The molecule has 0 saturated carbocycles. The van der Waals surface area contributed by atoms with Gasteiger partial charge in [-0.3, -0.25) is 0 Å². The van der Waals surface area contributed by atoms with Crippen LogP contribution in [0, 0.1) is 55.4 Å². The van der Waals surface area contributed by atoms with Crippen molar-refractivity contribution in [2.24, 2.45) is 0 Å². The number of hydrogen-bond donors (Lipinski definition) is 0. The lowest BCUT2D eigenvalue weighted by molar-refractivity contribution is 1.34. The molecule has 13 rings (SSSR count). The predicted octanol–water partition coefficient (Wildman–Crippen LogP) is 18.9. The average Bonchev–Trinajstić information content (AvgIpc) is 3.81. The van der Waals surface area contributed by atoms with Crippen LogP contribution >= 0.6 is 0 Å². The SMILES string of the molecule is Cc1cccc(-c2ccc3c(c2)c2cc(-c4cccc(C)c4C)cc4c5ccc6c(cc7c8ccc(-c9cccc(C)c9C)cc8c8cc(-c9cccc(C)c9C)cc6c87)c5cc3c42)c1C. The summed E-state index contributed by atoms with van der Waals surface area (Å²) in [5, 5.41) is 21.2. The van der Waals surface area contributed by atoms with Crippen molar-refractivity contribution in [1.29, 1.82) is 0 Å². The third-order valence-electron chi connectivity index (χ3n) is 16.1. The maximum absolute atomic E-state index is 2.54. The Labute approximate surface area is 386 Å². The zero-order valence-corrected chi connectivity index (χ0v) is 39.0. The van der Waals surface area contributed by atoms with Gasteiger partial charge in [0.05, 0.1) is 0 Å². The Morgan fingerprint density at radius 3 is 0.773 bits per heavy atom. The minimum Gasteiger partial charge on any atom is -0.0614 e. The Morgan fingerprint density at radius 1 is 0.197 bits per heavy atom. The lowest BCUT2D eigenvalue weighted by Gasteiger charge is -2.15. The number of hydrogen-bond acceptors (Lipinski definition) is 0. The summed E-state index contributed by atoms with van der Waals surface area (Å²) in [4.78, 5) is 0. The fourth-order valence-electron chi connectivity index (χ4n) is 11.9. The molecule has 0 aliphatic rings. The molecular weight excluding hydrogens is 793 g/mol. The molecule has 0 aromatic heterocycles. The molecule has 0 heteroatoms. The summed E-state index contributed by atoms with van der Waals surface area (Å²) in [6.45, 7) is 18.0. The molecule has 13 aromatic rings. The van der Waals surface area contributed by atoms with Gasteiger partial charge >= 0.3 is 0 Å². The van der Waals surface area contributed by atoms with Crippen molar-refractivity contribution in [2.45, 2.75) is 55.4 Å². The van der Waals surface area contributed by atoms with Crippen LogP contribution in [-0.4, -0.2) is 0 Å². The highest BCUT2D eigenvalue weighted by atomic mass is 14.3. The Hall–Kier alpha value is -7.54. The third-order valence-corrected chi connectivity index (χ3v) is 16.1. The van der Waals surface area contributed by atoms with Gasteiger partial charge in [-0.05, 0) is 279 Å². The molecule has 0 spiro atoms. The van der Waals surface area contributed by atoms with Gasteiger partial charge < -0.3 is 0 Å². The van der Waals surface area contributed by atoms with Gasteiger partial charge in [-0.2, -0.15) is 0 Å². The monoisotopic (exact) mass is 842 g/mol. The summed E-state index contributed by atoms with van der Waals surface area (Å²) in [6.07, 6.45) is 0. The van der Waals surface area contributed by atoms with Crippen molar-refractivity contribution >= 4 is 86.2 Å². The number of benzene rings is 11. The predicted molar refractivity (Wildman–Crippen MR) is 289 cm³/mol. The van der Waals surface area contributed by atoms with Crippen LogP contribution < -0.4 is 0 Å². The number of fused-ring (bicyclic) bond motifs is 11. The molecule has 0 N–H and O–H groups in total. The zero-order chi connectivity index (χ0) is 44.9. The van der Waals surface area contributed by atoms with Gasteiger partial charge in [0.2, 0.25) is 0 Å². The highest BCUT2D eigenvalue weighted by Gasteiger charge is 2.23. The van der Waals surface area contributed by atoms with Gasteiger partial charge in [-0.1, -0.05) is 109 Å². The minimum absolute atomic E-state index is 1.27. The average molecular weight is 843 g/mol. The maximum Gasteiger partial charge on any atom is -0.00195 e. The van der Waals surface area contributed by atoms with E-state index in [0.717, 1.165) is 0 Å². The van der Waals surface area contributed by atoms with Gasteiger partial charge in [-0.25, -0.2) is 0 Å². The van der Waals surface area contributed by atoms with Crippen LogP contribution in [0.25, 0.3) is 131 Å². The van der Waals surface area contributed by atoms with E-state index in [1.807, 2.05) is 0 Å². The van der Waals surface area contributed by atoms with Crippen molar-refractivity contribution in [3.05, 3.63) is 202 Å². The maximum atomic E-state index is 2.54. The van der Waals surface area contributed by atoms with E-state index in [1.54, 1.807) is 0 Å². The van der Waals surface area contributed by atoms with E-state index in [4.69, 9.17) is 0 Å². The first-order valence-electron chi connectivity index (χ1n) is 23.6. The van der Waals surface area contributed by atoms with Crippen LogP contribution in [-0.2, 0) is 0 Å². The van der Waals surface area contributed by atoms with Crippen LogP contribution in [0.15, 0.2) is 158 Å². The lowest BCUT2D eigenvalue weighted by atomic mass is 9.88. The van der Waals surface area contributed by atoms with Crippen molar-refractivity contribution in [3.8, 4) is 44.5 Å². The second-order valence-corrected chi connectivity index (χ2v) is 19.5. The quantitative estimate of drug-likeness (QED) is 0.155. The van der Waals surface area contributed by atoms with E-state index >= 15 is 0 Å². The van der Waals surface area contributed by atoms with Gasteiger partial charge in [0.15, 0.2) is 0 Å². The molecule has 0 unspecified atom stereocenters. The van der Waals surface area contributed by atoms with Crippen molar-refractivity contribution in [2.75, 3.05) is 0 Å². The topological polar surface area (TPSA) is 0 Å². The summed E-state index contributed by atoms with van der Waals surface area (Å²) < 4.78 is 0. The Morgan fingerprint density at radius 2 is 0.439 bits per heavy atom. The molecule has 0 atom stereocenters. The summed E-state index contributed by atoms with van der Waals surface area (Å²) >= 11 is 0. The van der Waals surface area contributed by atoms with Gasteiger partial charge in [0, 0.05) is 0 Å². The Kier molecular flexibility index (Phi) is 8.24. The van der Waals surface area contributed by atoms with E-state index in [2.05, 4.69) is 213 Å². The molecule has 0 heterocycles. The standard InChI is InChI=1S/C66H50/c1-35-13-9-17-47(39(35)5)43-21-23-51-55(27-43)61-31-45(49-19-11-15-37(3)41(49)7)29-59-53-25-26-54-58(57(53)33-63(51)65(59)61)34-64-52-24-22-44(48-18-10-14-36(2)40(48)6)28-56(52)62-32-46(30-60(54)66(62)64)50-20-12-16-38(4)42(50)8/h9-34H,1-8H3. The molecule has 0 nitrogen and oxygen atoms in total. The van der Waals surface area contributed by atoms with E-state index in [-0.39, 0.29) is 0 Å². The second-order valence-electron chi connectivity index (χ2n) is 19.5. The van der Waals surface area contributed by atoms with Crippen molar-refractivity contribution in [3.63, 3.8) is 0 Å². The van der Waals surface area contributed by atoms with Gasteiger partial charge in [0.25, 0.3) is 0 Å². The van der Waals surface area contributed by atoms with Crippen LogP contribution in [0.1, 0.15) is 44.5 Å². The number of aryl methyl sites for hydroxylation is 4. The molecule has 0 bridgehead atoms. The first-order chi connectivity index (χ1) is 32.0. The van der Waals surface area contributed by atoms with Crippen LogP contribution in [0.3, 0.4) is 0 Å². The molecule has 0 radical (unpaired) electrons. The van der Waals surface area contributed by atoms with Crippen molar-refractivity contribution in [1.82, 2.24) is 0 Å². The molecule has 0 saturated heterocycles. The summed E-state index contributed by atoms with van der Waals surface area (Å²) in [6, 6.07) is 61.3. The molecular formula is C66H50. The fraction of sp³-hybridized carbons (Fsp3) is 0.121. The molecule has 314 valence electrons. The van der Waals surface area contributed by atoms with E-state index < -0.39 is 0 Å². The zero-order valence-electron chi connectivity index (χ0n) is 39.0. The van der Waals surface area contributed by atoms with Crippen LogP contribution in [0.2, 0.25) is 0 Å². The highest BCUT2D eigenvalue weighted by molar-refractivity contribution is 6.41. The first-order valence-corrected chi connectivity index (χ1v) is 23.6. The molecule has 0 amide bonds. The van der Waals surface area contributed by atoms with Crippen molar-refractivity contribution < 1.29 is 0 Å².